The van der Waals surface area contributed by atoms with Gasteiger partial charge in [-0.15, -0.1) is 0 Å². The molecule has 69 heavy (non-hydrogen) atoms. The lowest BCUT2D eigenvalue weighted by atomic mass is 9.70. The van der Waals surface area contributed by atoms with Crippen LogP contribution in [0.15, 0.2) is 133 Å². The van der Waals surface area contributed by atoms with Gasteiger partial charge < -0.3 is 9.80 Å². The van der Waals surface area contributed by atoms with Crippen molar-refractivity contribution in [1.29, 1.82) is 0 Å². The van der Waals surface area contributed by atoms with Crippen LogP contribution in [0.3, 0.4) is 0 Å². The minimum atomic E-state index is -0.105. The van der Waals surface area contributed by atoms with Gasteiger partial charge in [-0.05, 0) is 168 Å². The third-order valence-corrected chi connectivity index (χ3v) is 16.5. The lowest BCUT2D eigenvalue weighted by Crippen LogP contribution is -2.26. The fourth-order valence-electron chi connectivity index (χ4n) is 11.1. The van der Waals surface area contributed by atoms with E-state index in [2.05, 4.69) is 212 Å². The topological polar surface area (TPSA) is 6.48 Å². The van der Waals surface area contributed by atoms with E-state index in [4.69, 9.17) is 0 Å². The van der Waals surface area contributed by atoms with Gasteiger partial charge >= 0.3 is 0 Å². The first-order valence-electron chi connectivity index (χ1n) is 27.7. The number of hydrogen-bond donors (Lipinski definition) is 0. The molecule has 2 unspecified atom stereocenters. The maximum atomic E-state index is 2.64. The zero-order valence-corrected chi connectivity index (χ0v) is 44.8. The molecule has 2 atom stereocenters. The number of aryl methyl sites for hydroxylation is 1. The SMILES string of the molecule is CCCCCCCCC1(CCCCCCCC)c2cc(N(c3ccc(C)cc3)c3ccc(C(C)CC)cc3)ccc2-c2ccc(N(c3ccc(C(C)CC)cc3)c3ccc(C(C)(C)CC)cc3)cc21. The second-order valence-corrected chi connectivity index (χ2v) is 21.7. The molecule has 2 heteroatoms. The quantitative estimate of drug-likeness (QED) is 0.0500. The molecule has 2 nitrogen and oxygen atoms in total. The van der Waals surface area contributed by atoms with Crippen LogP contribution in [-0.4, -0.2) is 0 Å². The first-order chi connectivity index (χ1) is 33.5. The van der Waals surface area contributed by atoms with Gasteiger partial charge in [-0.25, -0.2) is 0 Å². The maximum Gasteiger partial charge on any atom is 0.0465 e. The zero-order valence-electron chi connectivity index (χ0n) is 44.8. The molecule has 0 radical (unpaired) electrons. The highest BCUT2D eigenvalue weighted by Crippen LogP contribution is 2.57. The number of rotatable bonds is 26. The molecule has 1 aliphatic carbocycles. The predicted octanol–water partition coefficient (Wildman–Crippen LogP) is 21.4. The maximum absolute atomic E-state index is 2.64. The summed E-state index contributed by atoms with van der Waals surface area (Å²) in [5.41, 5.74) is 18.7. The van der Waals surface area contributed by atoms with E-state index in [1.165, 1.54) is 169 Å². The van der Waals surface area contributed by atoms with Gasteiger partial charge in [-0.3, -0.25) is 0 Å². The summed E-state index contributed by atoms with van der Waals surface area (Å²) in [6.45, 7) is 23.2. The summed E-state index contributed by atoms with van der Waals surface area (Å²) in [4.78, 5) is 5.06. The first-order valence-corrected chi connectivity index (χ1v) is 27.7. The van der Waals surface area contributed by atoms with Crippen LogP contribution in [0.4, 0.5) is 34.1 Å². The lowest BCUT2D eigenvalue weighted by Gasteiger charge is -2.35. The molecule has 0 fully saturated rings. The standard InChI is InChI=1S/C67H88N2/c1-11-16-18-20-22-24-46-67(47-25-23-21-19-17-12-2)64-48-60(68(56-34-26-50(6)27-35-56)57-36-28-53(29-37-57)51(7)13-3)42-44-62(64)63-45-43-61(49-65(63)67)69(58-38-30-54(31-39-58)52(8)14-4)59-40-32-55(33-41-59)66(9,10)15-5/h26-45,48-49,51-52H,11-25,46-47H2,1-10H3. The fraction of sp³-hybridized carbons (Fsp3) is 0.463. The lowest BCUT2D eigenvalue weighted by molar-refractivity contribution is 0.398. The number of anilines is 6. The van der Waals surface area contributed by atoms with Gasteiger partial charge in [0, 0.05) is 39.5 Å². The summed E-state index contributed by atoms with van der Waals surface area (Å²) in [6, 6.07) is 52.7. The molecule has 0 amide bonds. The highest BCUT2D eigenvalue weighted by molar-refractivity contribution is 5.88. The Kier molecular flexibility index (Phi) is 18.1. The first kappa shape index (κ1) is 51.8. The van der Waals surface area contributed by atoms with Crippen LogP contribution >= 0.6 is 0 Å². The van der Waals surface area contributed by atoms with Crippen LogP contribution in [-0.2, 0) is 10.8 Å². The summed E-state index contributed by atoms with van der Waals surface area (Å²) in [7, 11) is 0. The Morgan fingerprint density at radius 1 is 0.420 bits per heavy atom. The molecular formula is C67H88N2. The van der Waals surface area contributed by atoms with Crippen molar-refractivity contribution in [3.05, 3.63) is 167 Å². The van der Waals surface area contributed by atoms with Gasteiger partial charge in [-0.2, -0.15) is 0 Å². The van der Waals surface area contributed by atoms with E-state index >= 15 is 0 Å². The van der Waals surface area contributed by atoms with Crippen molar-refractivity contribution in [1.82, 2.24) is 0 Å². The van der Waals surface area contributed by atoms with E-state index < -0.39 is 0 Å². The molecular weight excluding hydrogens is 833 g/mol. The van der Waals surface area contributed by atoms with E-state index in [0.29, 0.717) is 11.8 Å². The summed E-state index contributed by atoms with van der Waals surface area (Å²) >= 11 is 0. The zero-order chi connectivity index (χ0) is 49.0. The summed E-state index contributed by atoms with van der Waals surface area (Å²) < 4.78 is 0. The highest BCUT2D eigenvalue weighted by Gasteiger charge is 2.43. The van der Waals surface area contributed by atoms with Crippen molar-refractivity contribution in [2.45, 2.75) is 201 Å². The smallest absolute Gasteiger partial charge is 0.0465 e. The van der Waals surface area contributed by atoms with Gasteiger partial charge in [0.25, 0.3) is 0 Å². The summed E-state index contributed by atoms with van der Waals surface area (Å²) in [5.74, 6) is 1.06. The van der Waals surface area contributed by atoms with Gasteiger partial charge in [0.1, 0.15) is 0 Å². The minimum Gasteiger partial charge on any atom is -0.310 e. The summed E-state index contributed by atoms with van der Waals surface area (Å²) in [5, 5.41) is 0. The van der Waals surface area contributed by atoms with Crippen LogP contribution in [0.5, 0.6) is 0 Å². The highest BCUT2D eigenvalue weighted by atomic mass is 15.1. The van der Waals surface area contributed by atoms with E-state index in [1.807, 2.05) is 0 Å². The molecule has 0 saturated carbocycles. The number of unbranched alkanes of at least 4 members (excludes halogenated alkanes) is 10. The average molecular weight is 921 g/mol. The van der Waals surface area contributed by atoms with Crippen molar-refractivity contribution in [2.75, 3.05) is 9.80 Å². The fourth-order valence-corrected chi connectivity index (χ4v) is 11.1. The van der Waals surface area contributed by atoms with E-state index in [9.17, 15) is 0 Å². The third kappa shape index (κ3) is 11.9. The molecule has 7 rings (SSSR count). The number of hydrogen-bond acceptors (Lipinski definition) is 2. The van der Waals surface area contributed by atoms with Crippen molar-refractivity contribution < 1.29 is 0 Å². The normalized spacial score (nSPS) is 13.8. The largest absolute Gasteiger partial charge is 0.310 e. The predicted molar refractivity (Wildman–Crippen MR) is 303 cm³/mol. The Bertz CT molecular complexity index is 2470. The van der Waals surface area contributed by atoms with Crippen LogP contribution < -0.4 is 9.80 Å². The van der Waals surface area contributed by atoms with Crippen molar-refractivity contribution >= 4 is 34.1 Å². The van der Waals surface area contributed by atoms with Gasteiger partial charge in [0.15, 0.2) is 0 Å². The third-order valence-electron chi connectivity index (χ3n) is 16.5. The average Bonchev–Trinajstić information content (AvgIpc) is 3.64. The van der Waals surface area contributed by atoms with Gasteiger partial charge in [0.2, 0.25) is 0 Å². The van der Waals surface area contributed by atoms with Crippen LogP contribution in [0, 0.1) is 6.92 Å². The molecule has 0 aromatic heterocycles. The van der Waals surface area contributed by atoms with Crippen LogP contribution in [0.25, 0.3) is 11.1 Å². The molecule has 0 saturated heterocycles. The summed E-state index contributed by atoms with van der Waals surface area (Å²) in [6.07, 6.45) is 21.3. The minimum absolute atomic E-state index is 0.105. The monoisotopic (exact) mass is 921 g/mol. The second-order valence-electron chi connectivity index (χ2n) is 21.7. The Labute approximate surface area is 421 Å². The molecule has 0 spiro atoms. The number of benzene rings is 6. The van der Waals surface area contributed by atoms with E-state index in [1.54, 1.807) is 0 Å². The molecule has 1 aliphatic rings. The van der Waals surface area contributed by atoms with Gasteiger partial charge in [0.05, 0.1) is 0 Å². The van der Waals surface area contributed by atoms with Crippen molar-refractivity contribution in [3.8, 4) is 11.1 Å². The molecule has 366 valence electrons. The van der Waals surface area contributed by atoms with E-state index in [-0.39, 0.29) is 10.8 Å². The van der Waals surface area contributed by atoms with Crippen LogP contribution in [0.1, 0.15) is 217 Å². The Hall–Kier alpha value is -5.08. The molecule has 6 aromatic carbocycles. The molecule has 0 heterocycles. The Morgan fingerprint density at radius 2 is 0.768 bits per heavy atom. The van der Waals surface area contributed by atoms with Crippen molar-refractivity contribution in [3.63, 3.8) is 0 Å². The second kappa shape index (κ2) is 24.2. The van der Waals surface area contributed by atoms with Crippen LogP contribution in [0.2, 0.25) is 0 Å². The van der Waals surface area contributed by atoms with E-state index in [0.717, 1.165) is 19.3 Å². The Balaban J connectivity index is 1.41. The molecule has 0 N–H and O–H groups in total. The number of nitrogens with zero attached hydrogens (tertiary/aromatic N) is 2. The van der Waals surface area contributed by atoms with Crippen molar-refractivity contribution in [2.24, 2.45) is 0 Å². The molecule has 0 aliphatic heterocycles. The Morgan fingerprint density at radius 3 is 1.14 bits per heavy atom. The number of fused-ring (bicyclic) bond motifs is 3. The molecule has 6 aromatic rings. The molecule has 0 bridgehead atoms. The van der Waals surface area contributed by atoms with Gasteiger partial charge in [-0.1, -0.05) is 206 Å².